The quantitative estimate of drug-likeness (QED) is 0.780. The van der Waals surface area contributed by atoms with Crippen molar-refractivity contribution in [3.8, 4) is 11.5 Å². The van der Waals surface area contributed by atoms with Gasteiger partial charge < -0.3 is 9.73 Å². The van der Waals surface area contributed by atoms with Gasteiger partial charge in [0.05, 0.1) is 6.54 Å². The van der Waals surface area contributed by atoms with Gasteiger partial charge in [-0.05, 0) is 23.6 Å². The summed E-state index contributed by atoms with van der Waals surface area (Å²) in [4.78, 5) is 24.6. The highest BCUT2D eigenvalue weighted by molar-refractivity contribution is 7.09. The van der Waals surface area contributed by atoms with Crippen LogP contribution in [0.5, 0.6) is 0 Å². The number of amides is 1. The molecule has 112 valence electrons. The van der Waals surface area contributed by atoms with Crippen molar-refractivity contribution in [2.75, 3.05) is 0 Å². The molecular weight excluding hydrogens is 302 g/mol. The van der Waals surface area contributed by atoms with E-state index in [2.05, 4.69) is 10.4 Å². The monoisotopic (exact) mass is 315 g/mol. The minimum absolute atomic E-state index is 0.166. The van der Waals surface area contributed by atoms with Crippen molar-refractivity contribution in [1.29, 1.82) is 0 Å². The highest BCUT2D eigenvalue weighted by Crippen LogP contribution is 2.13. The normalized spacial score (nSPS) is 10.5. The molecule has 2 heterocycles. The number of nitrogens with zero attached hydrogens (tertiary/aromatic N) is 2. The second-order valence-corrected chi connectivity index (χ2v) is 5.59. The second kappa shape index (κ2) is 6.40. The summed E-state index contributed by atoms with van der Waals surface area (Å²) >= 11 is 1.56. The molecule has 0 saturated carbocycles. The molecule has 1 amide bonds. The summed E-state index contributed by atoms with van der Waals surface area (Å²) in [6, 6.07) is 12.9. The van der Waals surface area contributed by atoms with Gasteiger partial charge in [0.15, 0.2) is 0 Å². The van der Waals surface area contributed by atoms with E-state index in [1.165, 1.54) is 0 Å². The molecule has 0 aliphatic rings. The first-order valence-corrected chi connectivity index (χ1v) is 7.53. The van der Waals surface area contributed by atoms with Crippen LogP contribution in [0.1, 0.15) is 4.88 Å². The molecule has 6 nitrogen and oxygen atoms in total. The fourth-order valence-corrected chi connectivity index (χ4v) is 2.54. The number of carbonyl (C=O) groups is 1. The van der Waals surface area contributed by atoms with Crippen molar-refractivity contribution in [3.05, 3.63) is 63.3 Å². The van der Waals surface area contributed by atoms with Crippen LogP contribution in [-0.4, -0.2) is 15.7 Å². The van der Waals surface area contributed by atoms with E-state index in [1.807, 2.05) is 35.7 Å². The molecule has 0 aliphatic carbocycles. The zero-order valence-corrected chi connectivity index (χ0v) is 12.4. The molecule has 1 aromatic carbocycles. The van der Waals surface area contributed by atoms with Crippen LogP contribution >= 0.6 is 11.3 Å². The molecule has 0 fully saturated rings. The number of carbonyl (C=O) groups excluding carboxylic acids is 1. The Kier molecular flexibility index (Phi) is 4.15. The van der Waals surface area contributed by atoms with Crippen molar-refractivity contribution in [2.24, 2.45) is 0 Å². The lowest BCUT2D eigenvalue weighted by atomic mass is 10.2. The Morgan fingerprint density at radius 2 is 2.05 bits per heavy atom. The molecule has 3 rings (SSSR count). The van der Waals surface area contributed by atoms with Crippen LogP contribution in [0.15, 0.2) is 57.1 Å². The molecule has 3 aromatic rings. The topological polar surface area (TPSA) is 77.1 Å². The second-order valence-electron chi connectivity index (χ2n) is 4.55. The zero-order valence-electron chi connectivity index (χ0n) is 11.6. The number of thiophene rings is 1. The van der Waals surface area contributed by atoms with Crippen molar-refractivity contribution in [3.63, 3.8) is 0 Å². The van der Waals surface area contributed by atoms with Gasteiger partial charge >= 0.3 is 5.76 Å². The Labute approximate surface area is 130 Å². The largest absolute Gasteiger partial charge is 0.437 e. The van der Waals surface area contributed by atoms with E-state index < -0.39 is 5.76 Å². The number of aromatic nitrogens is 2. The first-order chi connectivity index (χ1) is 10.7. The Balaban J connectivity index is 1.66. The van der Waals surface area contributed by atoms with Crippen molar-refractivity contribution in [1.82, 2.24) is 15.1 Å². The van der Waals surface area contributed by atoms with Gasteiger partial charge in [0.1, 0.15) is 6.54 Å². The summed E-state index contributed by atoms with van der Waals surface area (Å²) in [6.07, 6.45) is 0. The number of nitrogens with one attached hydrogen (secondary N) is 1. The molecule has 0 bridgehead atoms. The maximum Gasteiger partial charge on any atom is 0.437 e. The first kappa shape index (κ1) is 14.3. The van der Waals surface area contributed by atoms with E-state index >= 15 is 0 Å². The summed E-state index contributed by atoms with van der Waals surface area (Å²) in [7, 11) is 0. The predicted octanol–water partition coefficient (Wildman–Crippen LogP) is 1.88. The molecule has 0 radical (unpaired) electrons. The van der Waals surface area contributed by atoms with Gasteiger partial charge in [-0.15, -0.1) is 16.4 Å². The van der Waals surface area contributed by atoms with E-state index in [9.17, 15) is 9.59 Å². The fourth-order valence-electron chi connectivity index (χ4n) is 1.89. The molecule has 2 aromatic heterocycles. The van der Waals surface area contributed by atoms with Gasteiger partial charge in [-0.2, -0.15) is 4.68 Å². The van der Waals surface area contributed by atoms with Crippen molar-refractivity contribution in [2.45, 2.75) is 13.1 Å². The third-order valence-corrected chi connectivity index (χ3v) is 3.84. The third-order valence-electron chi connectivity index (χ3n) is 2.96. The molecule has 0 saturated heterocycles. The van der Waals surface area contributed by atoms with Crippen molar-refractivity contribution >= 4 is 17.2 Å². The zero-order chi connectivity index (χ0) is 15.4. The molecular formula is C15H13N3O3S. The summed E-state index contributed by atoms with van der Waals surface area (Å²) < 4.78 is 6.09. The molecule has 7 heteroatoms. The Morgan fingerprint density at radius 1 is 1.23 bits per heavy atom. The SMILES string of the molecule is O=C(Cn1nc(-c2ccccc2)oc1=O)NCc1cccs1. The first-order valence-electron chi connectivity index (χ1n) is 6.65. The van der Waals surface area contributed by atoms with E-state index in [1.54, 1.807) is 23.5 Å². The smallest absolute Gasteiger partial charge is 0.388 e. The lowest BCUT2D eigenvalue weighted by Crippen LogP contribution is -2.30. The molecule has 0 atom stereocenters. The summed E-state index contributed by atoms with van der Waals surface area (Å²) in [6.45, 7) is 0.273. The average Bonchev–Trinajstić information content (AvgIpc) is 3.17. The van der Waals surface area contributed by atoms with E-state index in [0.717, 1.165) is 9.56 Å². The summed E-state index contributed by atoms with van der Waals surface area (Å²) in [5.74, 6) is -0.731. The van der Waals surface area contributed by atoms with Gasteiger partial charge in [-0.3, -0.25) is 4.79 Å². The number of benzene rings is 1. The molecule has 0 spiro atoms. The minimum Gasteiger partial charge on any atom is -0.388 e. The van der Waals surface area contributed by atoms with Crippen LogP contribution in [0.4, 0.5) is 0 Å². The van der Waals surface area contributed by atoms with Gasteiger partial charge in [0, 0.05) is 10.4 Å². The van der Waals surface area contributed by atoms with E-state index in [4.69, 9.17) is 4.42 Å². The van der Waals surface area contributed by atoms with Crippen LogP contribution in [0.25, 0.3) is 11.5 Å². The maximum atomic E-state index is 11.9. The predicted molar refractivity (Wildman–Crippen MR) is 82.4 cm³/mol. The van der Waals surface area contributed by atoms with Crippen molar-refractivity contribution < 1.29 is 9.21 Å². The van der Waals surface area contributed by atoms with Gasteiger partial charge in [0.2, 0.25) is 11.8 Å². The molecule has 0 unspecified atom stereocenters. The number of hydrogen-bond donors (Lipinski definition) is 1. The Bertz CT molecular complexity index is 806. The van der Waals surface area contributed by atoms with Crippen LogP contribution in [0.3, 0.4) is 0 Å². The summed E-state index contributed by atoms with van der Waals surface area (Å²) in [5, 5.41) is 8.72. The lowest BCUT2D eigenvalue weighted by molar-refractivity contribution is -0.122. The summed E-state index contributed by atoms with van der Waals surface area (Å²) in [5.41, 5.74) is 0.692. The highest BCUT2D eigenvalue weighted by atomic mass is 32.1. The van der Waals surface area contributed by atoms with Gasteiger partial charge in [0.25, 0.3) is 0 Å². The third kappa shape index (κ3) is 3.32. The van der Waals surface area contributed by atoms with Gasteiger partial charge in [-0.1, -0.05) is 24.3 Å². The molecule has 22 heavy (non-hydrogen) atoms. The van der Waals surface area contributed by atoms with Crippen LogP contribution < -0.4 is 11.1 Å². The lowest BCUT2D eigenvalue weighted by Gasteiger charge is -2.02. The maximum absolute atomic E-state index is 11.9. The minimum atomic E-state index is -0.648. The standard InChI is InChI=1S/C15H13N3O3S/c19-13(16-9-12-7-4-8-22-12)10-18-15(20)21-14(17-18)11-5-2-1-3-6-11/h1-8H,9-10H2,(H,16,19). The van der Waals surface area contributed by atoms with E-state index in [-0.39, 0.29) is 18.3 Å². The van der Waals surface area contributed by atoms with Crippen LogP contribution in [0, 0.1) is 0 Å². The van der Waals surface area contributed by atoms with Crippen LogP contribution in [-0.2, 0) is 17.9 Å². The Morgan fingerprint density at radius 3 is 2.77 bits per heavy atom. The highest BCUT2D eigenvalue weighted by Gasteiger charge is 2.12. The number of rotatable bonds is 5. The number of hydrogen-bond acceptors (Lipinski definition) is 5. The van der Waals surface area contributed by atoms with E-state index in [0.29, 0.717) is 12.1 Å². The molecule has 1 N–H and O–H groups in total. The Hall–Kier alpha value is -2.67. The van der Waals surface area contributed by atoms with Crippen LogP contribution in [0.2, 0.25) is 0 Å². The molecule has 0 aliphatic heterocycles. The average molecular weight is 315 g/mol. The van der Waals surface area contributed by atoms with Gasteiger partial charge in [-0.25, -0.2) is 4.79 Å². The fraction of sp³-hybridized carbons (Fsp3) is 0.133.